The zero-order chi connectivity index (χ0) is 27.7. The van der Waals surface area contributed by atoms with Crippen LogP contribution in [0.5, 0.6) is 17.2 Å². The Balaban J connectivity index is 1.62. The first-order chi connectivity index (χ1) is 18.8. The number of aromatic nitrogens is 2. The maximum atomic E-state index is 13.8. The van der Waals surface area contributed by atoms with Gasteiger partial charge < -0.3 is 19.5 Å². The molecule has 1 amide bonds. The second-order valence-corrected chi connectivity index (χ2v) is 10.6. The molecule has 2 N–H and O–H groups in total. The van der Waals surface area contributed by atoms with E-state index in [2.05, 4.69) is 24.0 Å². The van der Waals surface area contributed by atoms with Crippen molar-refractivity contribution in [3.63, 3.8) is 0 Å². The van der Waals surface area contributed by atoms with E-state index in [1.54, 1.807) is 19.2 Å². The number of ether oxygens (including phenoxy) is 2. The topological polar surface area (TPSA) is 87.7 Å². The molecule has 5 rings (SSSR count). The molecule has 39 heavy (non-hydrogen) atoms. The molecule has 8 heteroatoms. The van der Waals surface area contributed by atoms with Crippen molar-refractivity contribution < 1.29 is 19.4 Å². The molecular formula is C31H32ClN3O4. The number of nitrogens with zero attached hydrogens (tertiary/aromatic N) is 2. The molecule has 0 aliphatic carbocycles. The lowest BCUT2D eigenvalue weighted by Crippen LogP contribution is -2.29. The largest absolute Gasteiger partial charge is 0.507 e. The summed E-state index contributed by atoms with van der Waals surface area (Å²) >= 11 is 6.43. The van der Waals surface area contributed by atoms with E-state index in [4.69, 9.17) is 21.1 Å². The quantitative estimate of drug-likeness (QED) is 0.238. The fraction of sp³-hybridized carbons (Fsp3) is 0.290. The van der Waals surface area contributed by atoms with E-state index in [0.29, 0.717) is 58.1 Å². The minimum atomic E-state index is -0.487. The number of fused-ring (bicyclic) bond motifs is 1. The number of amides is 1. The number of halogens is 1. The summed E-state index contributed by atoms with van der Waals surface area (Å²) in [5.74, 6) is 1.63. The van der Waals surface area contributed by atoms with Gasteiger partial charge in [0.15, 0.2) is 11.5 Å². The van der Waals surface area contributed by atoms with E-state index in [9.17, 15) is 9.90 Å². The average molecular weight is 546 g/mol. The minimum Gasteiger partial charge on any atom is -0.507 e. The van der Waals surface area contributed by atoms with E-state index in [-0.39, 0.29) is 11.7 Å². The fourth-order valence-corrected chi connectivity index (χ4v) is 5.09. The predicted molar refractivity (Wildman–Crippen MR) is 152 cm³/mol. The molecule has 7 nitrogen and oxygen atoms in total. The number of phenolic OH excluding ortho intramolecular Hbond substituents is 1. The number of methoxy groups -OCH3 is 1. The van der Waals surface area contributed by atoms with Crippen LogP contribution < -0.4 is 9.47 Å². The highest BCUT2D eigenvalue weighted by molar-refractivity contribution is 6.31. The Hall–Kier alpha value is -3.97. The van der Waals surface area contributed by atoms with Crippen LogP contribution in [0.1, 0.15) is 59.1 Å². The van der Waals surface area contributed by atoms with Gasteiger partial charge in [0.25, 0.3) is 5.91 Å². The molecule has 0 fully saturated rings. The number of aryl methyl sites for hydroxylation is 1. The Kier molecular flexibility index (Phi) is 7.53. The highest BCUT2D eigenvalue weighted by atomic mass is 35.5. The van der Waals surface area contributed by atoms with Crippen molar-refractivity contribution in [2.24, 2.45) is 5.92 Å². The van der Waals surface area contributed by atoms with E-state index < -0.39 is 6.04 Å². The fourth-order valence-electron chi connectivity index (χ4n) is 4.93. The van der Waals surface area contributed by atoms with E-state index >= 15 is 0 Å². The average Bonchev–Trinajstić information content (AvgIpc) is 3.45. The van der Waals surface area contributed by atoms with Gasteiger partial charge in [-0.2, -0.15) is 5.10 Å². The normalized spacial score (nSPS) is 14.7. The molecule has 3 aromatic carbocycles. The number of rotatable bonds is 9. The van der Waals surface area contributed by atoms with Gasteiger partial charge in [-0.05, 0) is 60.2 Å². The van der Waals surface area contributed by atoms with Crippen LogP contribution in [0.4, 0.5) is 0 Å². The number of nitrogens with one attached hydrogen (secondary N) is 1. The first-order valence-electron chi connectivity index (χ1n) is 13.0. The molecule has 0 radical (unpaired) electrons. The second kappa shape index (κ2) is 11.0. The number of hydrogen-bond acceptors (Lipinski definition) is 5. The highest BCUT2D eigenvalue weighted by Gasteiger charge is 2.43. The summed E-state index contributed by atoms with van der Waals surface area (Å²) < 4.78 is 11.7. The van der Waals surface area contributed by atoms with Crippen LogP contribution in [0.2, 0.25) is 5.02 Å². The van der Waals surface area contributed by atoms with Gasteiger partial charge in [-0.1, -0.05) is 61.8 Å². The van der Waals surface area contributed by atoms with Gasteiger partial charge in [-0.25, -0.2) is 0 Å². The lowest BCUT2D eigenvalue weighted by Gasteiger charge is -2.27. The van der Waals surface area contributed by atoms with Gasteiger partial charge >= 0.3 is 0 Å². The maximum Gasteiger partial charge on any atom is 0.273 e. The van der Waals surface area contributed by atoms with Crippen molar-refractivity contribution in [2.75, 3.05) is 13.7 Å². The molecule has 1 aliphatic heterocycles. The smallest absolute Gasteiger partial charge is 0.273 e. The second-order valence-electron chi connectivity index (χ2n) is 10.2. The van der Waals surface area contributed by atoms with Gasteiger partial charge in [-0.15, -0.1) is 0 Å². The zero-order valence-electron chi connectivity index (χ0n) is 22.5. The van der Waals surface area contributed by atoms with Crippen molar-refractivity contribution in [1.82, 2.24) is 15.1 Å². The number of aromatic amines is 1. The Bertz CT molecular complexity index is 1500. The molecule has 0 saturated carbocycles. The monoisotopic (exact) mass is 545 g/mol. The lowest BCUT2D eigenvalue weighted by molar-refractivity contribution is 0.0730. The van der Waals surface area contributed by atoms with Crippen molar-refractivity contribution in [3.8, 4) is 28.5 Å². The third-order valence-corrected chi connectivity index (χ3v) is 7.46. The van der Waals surface area contributed by atoms with E-state index in [0.717, 1.165) is 23.1 Å². The molecule has 1 aliphatic rings. The van der Waals surface area contributed by atoms with Crippen molar-refractivity contribution >= 4 is 17.5 Å². The molecule has 4 aromatic rings. The summed E-state index contributed by atoms with van der Waals surface area (Å²) in [6, 6.07) is 18.4. The number of H-pyrrole nitrogens is 1. The van der Waals surface area contributed by atoms with Gasteiger partial charge in [-0.3, -0.25) is 9.89 Å². The first kappa shape index (κ1) is 26.6. The summed E-state index contributed by atoms with van der Waals surface area (Å²) in [6.07, 6.45) is 0.928. The van der Waals surface area contributed by atoms with Crippen LogP contribution in [0.15, 0.2) is 60.7 Å². The molecule has 1 aromatic heterocycles. The van der Waals surface area contributed by atoms with Gasteiger partial charge in [0, 0.05) is 22.7 Å². The summed E-state index contributed by atoms with van der Waals surface area (Å²) in [5.41, 5.74) is 4.60. The van der Waals surface area contributed by atoms with E-state index in [1.807, 2.05) is 60.4 Å². The SMILES string of the molecule is COc1cc(C2c3c(-c4cc(Cl)c(C)cc4O)n[nH]c3C(=O)N2Cc2ccccc2)ccc1OCCC(C)C. The van der Waals surface area contributed by atoms with Crippen LogP contribution >= 0.6 is 11.6 Å². The van der Waals surface area contributed by atoms with Crippen molar-refractivity contribution in [1.29, 1.82) is 0 Å². The predicted octanol–water partition coefficient (Wildman–Crippen LogP) is 6.92. The first-order valence-corrected chi connectivity index (χ1v) is 13.4. The van der Waals surface area contributed by atoms with Gasteiger partial charge in [0.1, 0.15) is 17.1 Å². The number of benzene rings is 3. The minimum absolute atomic E-state index is 0.0467. The number of carbonyl (C=O) groups excluding carboxylic acids is 1. The van der Waals surface area contributed by atoms with Gasteiger partial charge in [0.05, 0.1) is 19.8 Å². The van der Waals surface area contributed by atoms with Gasteiger partial charge in [0.2, 0.25) is 0 Å². The molecule has 0 bridgehead atoms. The molecular weight excluding hydrogens is 514 g/mol. The third-order valence-electron chi connectivity index (χ3n) is 7.05. The molecule has 1 atom stereocenters. The maximum absolute atomic E-state index is 13.8. The van der Waals surface area contributed by atoms with Crippen LogP contribution in [-0.4, -0.2) is 39.8 Å². The summed E-state index contributed by atoms with van der Waals surface area (Å²) in [4.78, 5) is 15.6. The number of aromatic hydroxyl groups is 1. The molecule has 202 valence electrons. The number of phenols is 1. The standard InChI is InChI=1S/C31H32ClN3O4/c1-18(2)12-13-39-25-11-10-21(15-26(25)38-4)30-27-28(22-16-23(32)19(3)14-24(22)36)33-34-29(27)31(37)35(30)17-20-8-6-5-7-9-20/h5-11,14-16,18,30,36H,12-13,17H2,1-4H3,(H,33,34). The number of carbonyl (C=O) groups is 1. The molecule has 0 saturated heterocycles. The van der Waals surface area contributed by atoms with Crippen LogP contribution in [0, 0.1) is 12.8 Å². The lowest BCUT2D eigenvalue weighted by atomic mass is 9.94. The zero-order valence-corrected chi connectivity index (χ0v) is 23.2. The Morgan fingerprint density at radius 3 is 2.59 bits per heavy atom. The Labute approximate surface area is 233 Å². The van der Waals surface area contributed by atoms with Crippen molar-refractivity contribution in [2.45, 2.75) is 39.8 Å². The van der Waals surface area contributed by atoms with Crippen molar-refractivity contribution in [3.05, 3.63) is 93.6 Å². The van der Waals surface area contributed by atoms with Crippen LogP contribution in [0.25, 0.3) is 11.3 Å². The summed E-state index contributed by atoms with van der Waals surface area (Å²) in [5, 5.41) is 18.8. The third kappa shape index (κ3) is 5.19. The molecule has 1 unspecified atom stereocenters. The van der Waals surface area contributed by atoms with Crippen LogP contribution in [-0.2, 0) is 6.54 Å². The van der Waals surface area contributed by atoms with E-state index in [1.165, 1.54) is 0 Å². The Morgan fingerprint density at radius 2 is 1.87 bits per heavy atom. The molecule has 0 spiro atoms. The number of hydrogen-bond donors (Lipinski definition) is 2. The molecule has 2 heterocycles. The summed E-state index contributed by atoms with van der Waals surface area (Å²) in [7, 11) is 1.61. The summed E-state index contributed by atoms with van der Waals surface area (Å²) in [6.45, 7) is 7.11. The highest BCUT2D eigenvalue weighted by Crippen LogP contribution is 2.47. The van der Waals surface area contributed by atoms with Crippen LogP contribution in [0.3, 0.4) is 0 Å². The Morgan fingerprint density at radius 1 is 1.10 bits per heavy atom.